The summed E-state index contributed by atoms with van der Waals surface area (Å²) in [5, 5.41) is 1.14. The van der Waals surface area contributed by atoms with Gasteiger partial charge in [-0.05, 0) is 82.2 Å². The summed E-state index contributed by atoms with van der Waals surface area (Å²) in [5.74, 6) is -0.582. The van der Waals surface area contributed by atoms with E-state index in [0.717, 1.165) is 36.9 Å². The Balaban J connectivity index is 1.77. The first-order chi connectivity index (χ1) is 17.2. The molecule has 36 heavy (non-hydrogen) atoms. The van der Waals surface area contributed by atoms with Gasteiger partial charge in [-0.2, -0.15) is 0 Å². The average molecular weight is 532 g/mol. The Morgan fingerprint density at radius 3 is 2.36 bits per heavy atom. The molecule has 0 aliphatic rings. The van der Waals surface area contributed by atoms with Crippen molar-refractivity contribution in [3.63, 3.8) is 0 Å². The van der Waals surface area contributed by atoms with Crippen molar-refractivity contribution in [1.82, 2.24) is 0 Å². The van der Waals surface area contributed by atoms with E-state index < -0.39 is 37.2 Å². The molecule has 3 rings (SSSR count). The fourth-order valence-electron chi connectivity index (χ4n) is 4.24. The van der Waals surface area contributed by atoms with Crippen LogP contribution < -0.4 is 4.90 Å². The Bertz CT molecular complexity index is 1270. The molecule has 0 amide bonds. The molecule has 0 aromatic heterocycles. The van der Waals surface area contributed by atoms with Crippen LogP contribution in [0.2, 0.25) is 0 Å². The van der Waals surface area contributed by atoms with Crippen molar-refractivity contribution in [3.05, 3.63) is 95.6 Å². The van der Waals surface area contributed by atoms with Gasteiger partial charge in [-0.15, -0.1) is 0 Å². The Morgan fingerprint density at radius 2 is 1.69 bits per heavy atom. The predicted octanol–water partition coefficient (Wildman–Crippen LogP) is 6.75. The van der Waals surface area contributed by atoms with E-state index in [1.165, 1.54) is 5.56 Å². The number of halogens is 2. The average Bonchev–Trinajstić information content (AvgIpc) is 2.86. The van der Waals surface area contributed by atoms with Crippen LogP contribution in [0.1, 0.15) is 49.0 Å². The summed E-state index contributed by atoms with van der Waals surface area (Å²) in [7, 11) is -1.60. The van der Waals surface area contributed by atoms with Crippen LogP contribution >= 0.6 is 0 Å². The Morgan fingerprint density at radius 1 is 1.00 bits per heavy atom. The van der Waals surface area contributed by atoms with Gasteiger partial charge in [0.2, 0.25) is 0 Å². The minimum atomic E-state index is -2.01. The molecule has 0 bridgehead atoms. The van der Waals surface area contributed by atoms with Crippen LogP contribution in [0.25, 0.3) is 0 Å². The van der Waals surface area contributed by atoms with Crippen molar-refractivity contribution >= 4 is 31.4 Å². The lowest BCUT2D eigenvalue weighted by atomic mass is 10.1. The molecule has 3 nitrogen and oxygen atoms in total. The van der Waals surface area contributed by atoms with Crippen LogP contribution in [0, 0.1) is 11.6 Å². The number of rotatable bonds is 12. The summed E-state index contributed by atoms with van der Waals surface area (Å²) in [6.45, 7) is 2.69. The van der Waals surface area contributed by atoms with E-state index in [-0.39, 0.29) is 5.56 Å². The third kappa shape index (κ3) is 8.00. The molecule has 3 atom stereocenters. The van der Waals surface area contributed by atoms with E-state index in [4.69, 9.17) is 0 Å². The lowest BCUT2D eigenvalue weighted by molar-refractivity contribution is 0.568. The molecular formula is C29H35F2NO2S2. The summed E-state index contributed by atoms with van der Waals surface area (Å²) in [5.41, 5.74) is 2.27. The van der Waals surface area contributed by atoms with Crippen molar-refractivity contribution in [2.45, 2.75) is 49.3 Å². The fraction of sp³-hybridized carbons (Fsp3) is 0.345. The molecule has 3 unspecified atom stereocenters. The molecule has 0 N–H and O–H groups in total. The van der Waals surface area contributed by atoms with Crippen molar-refractivity contribution in [1.29, 1.82) is 0 Å². The van der Waals surface area contributed by atoms with Crippen LogP contribution in [0.4, 0.5) is 14.5 Å². The van der Waals surface area contributed by atoms with Gasteiger partial charge < -0.3 is 4.90 Å². The summed E-state index contributed by atoms with van der Waals surface area (Å²) in [6, 6.07) is 20.8. The molecule has 0 heterocycles. The van der Waals surface area contributed by atoms with Crippen LogP contribution in [-0.2, 0) is 26.9 Å². The normalized spacial score (nSPS) is 14.6. The summed E-state index contributed by atoms with van der Waals surface area (Å²) in [4.78, 5) is 2.67. The van der Waals surface area contributed by atoms with Gasteiger partial charge in [-0.25, -0.2) is 8.78 Å². The zero-order chi connectivity index (χ0) is 26.1. The molecule has 0 spiro atoms. The third-order valence-corrected chi connectivity index (χ3v) is 10.0. The first kappa shape index (κ1) is 28.1. The van der Waals surface area contributed by atoms with Crippen LogP contribution in [0.15, 0.2) is 77.7 Å². The van der Waals surface area contributed by atoms with E-state index in [1.807, 2.05) is 49.7 Å². The molecule has 0 aliphatic carbocycles. The minimum Gasteiger partial charge on any atom is -0.370 e. The maximum Gasteiger partial charge on any atom is 0.127 e. The smallest absolute Gasteiger partial charge is 0.127 e. The number of benzene rings is 3. The summed E-state index contributed by atoms with van der Waals surface area (Å²) in [6.07, 6.45) is 4.18. The number of hydrogen-bond donors (Lipinski definition) is 0. The Kier molecular flexibility index (Phi) is 10.3. The molecule has 194 valence electrons. The standard InChI is InChI=1S/C29H35F2NO2S2/c1-4-19-36(3,34)20-9-8-12-29(27-21-24(30)13-18-28(27)31)35(33)26-16-14-25(15-17-26)32(2)22-23-10-6-5-7-11-23/h5-7,10-11,13-19,21,29H,4,8-9,12,20,22H2,1-3H3. The maximum absolute atomic E-state index is 14.7. The van der Waals surface area contributed by atoms with Gasteiger partial charge in [0, 0.05) is 41.7 Å². The predicted molar refractivity (Wildman–Crippen MR) is 150 cm³/mol. The van der Waals surface area contributed by atoms with Crippen molar-refractivity contribution in [2.24, 2.45) is 0 Å². The molecule has 3 aromatic rings. The number of anilines is 1. The molecule has 0 aliphatic heterocycles. The summed E-state index contributed by atoms with van der Waals surface area (Å²) >= 11 is 0. The van der Waals surface area contributed by atoms with Crippen molar-refractivity contribution < 1.29 is 17.2 Å². The first-order valence-corrected chi connectivity index (χ1v) is 15.6. The zero-order valence-electron chi connectivity index (χ0n) is 21.2. The van der Waals surface area contributed by atoms with Crippen LogP contribution in [0.5, 0.6) is 0 Å². The topological polar surface area (TPSA) is 37.4 Å². The monoisotopic (exact) mass is 531 g/mol. The SMILES string of the molecule is CCC=S(C)(=O)CCCCC(c1cc(F)ccc1F)S(=O)c1ccc(N(C)Cc2ccccc2)cc1. The molecular weight excluding hydrogens is 496 g/mol. The van der Waals surface area contributed by atoms with Gasteiger partial charge in [0.05, 0.1) is 16.0 Å². The highest BCUT2D eigenvalue weighted by molar-refractivity contribution is 8.00. The van der Waals surface area contributed by atoms with Gasteiger partial charge in [0.15, 0.2) is 0 Å². The number of nitrogens with zero attached hydrogens (tertiary/aromatic N) is 1. The van der Waals surface area contributed by atoms with Gasteiger partial charge in [-0.1, -0.05) is 43.7 Å². The molecule has 0 saturated carbocycles. The van der Waals surface area contributed by atoms with Crippen molar-refractivity contribution in [3.8, 4) is 0 Å². The molecule has 0 saturated heterocycles. The highest BCUT2D eigenvalue weighted by atomic mass is 32.2. The largest absolute Gasteiger partial charge is 0.370 e. The molecule has 0 fully saturated rings. The minimum absolute atomic E-state index is 0.121. The Hall–Kier alpha value is -2.51. The van der Waals surface area contributed by atoms with Crippen LogP contribution in [0.3, 0.4) is 0 Å². The Labute approximate surface area is 217 Å². The maximum atomic E-state index is 14.7. The lowest BCUT2D eigenvalue weighted by Crippen LogP contribution is -2.16. The van der Waals surface area contributed by atoms with E-state index in [1.54, 1.807) is 18.4 Å². The number of hydrogen-bond acceptors (Lipinski definition) is 3. The number of unbranched alkanes of at least 4 members (excludes halogenated alkanes) is 1. The highest BCUT2D eigenvalue weighted by Gasteiger charge is 2.24. The van der Waals surface area contributed by atoms with Gasteiger partial charge >= 0.3 is 0 Å². The van der Waals surface area contributed by atoms with Crippen molar-refractivity contribution in [2.75, 3.05) is 24.0 Å². The molecule has 0 radical (unpaired) electrons. The van der Waals surface area contributed by atoms with E-state index >= 15 is 0 Å². The van der Waals surface area contributed by atoms with E-state index in [2.05, 4.69) is 17.0 Å². The second kappa shape index (κ2) is 13.2. The second-order valence-electron chi connectivity index (χ2n) is 9.13. The zero-order valence-corrected chi connectivity index (χ0v) is 22.8. The fourth-order valence-corrected chi connectivity index (χ4v) is 7.42. The van der Waals surface area contributed by atoms with Gasteiger partial charge in [-0.3, -0.25) is 8.42 Å². The summed E-state index contributed by atoms with van der Waals surface area (Å²) < 4.78 is 54.9. The van der Waals surface area contributed by atoms with E-state index in [0.29, 0.717) is 29.9 Å². The van der Waals surface area contributed by atoms with Gasteiger partial charge in [0.25, 0.3) is 0 Å². The molecule has 3 aromatic carbocycles. The molecule has 7 heteroatoms. The quantitative estimate of drug-likeness (QED) is 0.192. The highest BCUT2D eigenvalue weighted by Crippen LogP contribution is 2.33. The van der Waals surface area contributed by atoms with Gasteiger partial charge in [0.1, 0.15) is 11.6 Å². The third-order valence-electron chi connectivity index (χ3n) is 6.12. The second-order valence-corrected chi connectivity index (χ2v) is 13.7. The lowest BCUT2D eigenvalue weighted by Gasteiger charge is -2.21. The van der Waals surface area contributed by atoms with E-state index in [9.17, 15) is 17.2 Å². The first-order valence-electron chi connectivity index (χ1n) is 12.2. The van der Waals surface area contributed by atoms with Crippen LogP contribution in [-0.4, -0.2) is 32.8 Å².